The Bertz CT molecular complexity index is 1040. The molecule has 0 aliphatic carbocycles. The Morgan fingerprint density at radius 2 is 2.00 bits per heavy atom. The van der Waals surface area contributed by atoms with Gasteiger partial charge in [-0.15, -0.1) is 0 Å². The van der Waals surface area contributed by atoms with Crippen LogP contribution in [-0.4, -0.2) is 47.5 Å². The van der Waals surface area contributed by atoms with Crippen molar-refractivity contribution in [2.24, 2.45) is 0 Å². The summed E-state index contributed by atoms with van der Waals surface area (Å²) in [5.74, 6) is 1.13. The summed E-state index contributed by atoms with van der Waals surface area (Å²) < 4.78 is 0. The number of nitrogens with one attached hydrogen (secondary N) is 2. The molecule has 0 atom stereocenters. The van der Waals surface area contributed by atoms with Crippen molar-refractivity contribution in [2.75, 3.05) is 26.7 Å². The maximum absolute atomic E-state index is 12.2. The third-order valence-corrected chi connectivity index (χ3v) is 6.27. The lowest BCUT2D eigenvalue weighted by atomic mass is 9.87. The van der Waals surface area contributed by atoms with Crippen molar-refractivity contribution in [3.8, 4) is 11.3 Å². The molecule has 2 aromatic heterocycles. The molecule has 0 unspecified atom stereocenters. The fraction of sp³-hybridized carbons (Fsp3) is 0.440. The van der Waals surface area contributed by atoms with Crippen LogP contribution in [-0.2, 0) is 4.79 Å². The van der Waals surface area contributed by atoms with Crippen LogP contribution in [0.2, 0.25) is 0 Å². The fourth-order valence-corrected chi connectivity index (χ4v) is 4.74. The molecule has 1 fully saturated rings. The molecule has 1 aliphatic rings. The van der Waals surface area contributed by atoms with E-state index in [4.69, 9.17) is 0 Å². The van der Waals surface area contributed by atoms with E-state index in [1.54, 1.807) is 0 Å². The van der Waals surface area contributed by atoms with E-state index >= 15 is 0 Å². The van der Waals surface area contributed by atoms with Crippen molar-refractivity contribution in [1.82, 2.24) is 20.2 Å². The molecule has 1 amide bonds. The largest absolute Gasteiger partial charge is 0.354 e. The van der Waals surface area contributed by atoms with Crippen molar-refractivity contribution in [2.45, 2.75) is 45.4 Å². The molecule has 3 heterocycles. The number of hydrogen-bond acceptors (Lipinski definition) is 3. The summed E-state index contributed by atoms with van der Waals surface area (Å²) in [6.45, 7) is 8.67. The number of amides is 1. The number of pyridine rings is 1. The first-order valence-corrected chi connectivity index (χ1v) is 11.0. The quantitative estimate of drug-likeness (QED) is 0.654. The Balaban J connectivity index is 1.65. The molecule has 1 aliphatic heterocycles. The van der Waals surface area contributed by atoms with Gasteiger partial charge in [-0.2, -0.15) is 0 Å². The van der Waals surface area contributed by atoms with Gasteiger partial charge in [0.25, 0.3) is 0 Å². The second-order valence-corrected chi connectivity index (χ2v) is 8.74. The zero-order valence-corrected chi connectivity index (χ0v) is 18.5. The second-order valence-electron chi connectivity index (χ2n) is 8.74. The molecule has 30 heavy (non-hydrogen) atoms. The van der Waals surface area contributed by atoms with Crippen LogP contribution in [0.25, 0.3) is 22.2 Å². The highest BCUT2D eigenvalue weighted by atomic mass is 16.2. The van der Waals surface area contributed by atoms with E-state index in [0.29, 0.717) is 18.4 Å². The van der Waals surface area contributed by atoms with E-state index in [-0.39, 0.29) is 5.91 Å². The molecule has 158 valence electrons. The van der Waals surface area contributed by atoms with Gasteiger partial charge in [-0.1, -0.05) is 19.9 Å². The van der Waals surface area contributed by atoms with E-state index in [1.807, 2.05) is 25.1 Å². The molecule has 0 saturated carbocycles. The highest BCUT2D eigenvalue weighted by Gasteiger charge is 2.24. The number of benzene rings is 1. The first-order valence-electron chi connectivity index (χ1n) is 11.0. The Morgan fingerprint density at radius 1 is 1.23 bits per heavy atom. The summed E-state index contributed by atoms with van der Waals surface area (Å²) in [5, 5.41) is 4.29. The number of carbonyl (C=O) groups excluding carboxylic acids is 1. The van der Waals surface area contributed by atoms with E-state index < -0.39 is 0 Å². The van der Waals surface area contributed by atoms with E-state index in [2.05, 4.69) is 59.5 Å². The zero-order chi connectivity index (χ0) is 21.3. The van der Waals surface area contributed by atoms with Crippen molar-refractivity contribution < 1.29 is 4.79 Å². The minimum absolute atomic E-state index is 0.205. The average molecular weight is 405 g/mol. The molecule has 1 aromatic carbocycles. The number of rotatable bonds is 5. The molecular weight excluding hydrogens is 372 g/mol. The fourth-order valence-electron chi connectivity index (χ4n) is 4.74. The number of fused-ring (bicyclic) bond motifs is 1. The van der Waals surface area contributed by atoms with Crippen LogP contribution >= 0.6 is 0 Å². The maximum atomic E-state index is 12.2. The molecule has 0 radical (unpaired) electrons. The summed E-state index contributed by atoms with van der Waals surface area (Å²) in [5.41, 5.74) is 7.38. The van der Waals surface area contributed by atoms with Crippen LogP contribution < -0.4 is 5.32 Å². The lowest BCUT2D eigenvalue weighted by Crippen LogP contribution is -2.41. The third-order valence-electron chi connectivity index (χ3n) is 6.27. The van der Waals surface area contributed by atoms with Crippen LogP contribution in [0.1, 0.15) is 55.3 Å². The molecule has 4 rings (SSSR count). The van der Waals surface area contributed by atoms with Crippen LogP contribution in [0.15, 0.2) is 36.5 Å². The molecule has 2 N–H and O–H groups in total. The summed E-state index contributed by atoms with van der Waals surface area (Å²) >= 11 is 0. The van der Waals surface area contributed by atoms with Crippen molar-refractivity contribution in [3.63, 3.8) is 0 Å². The van der Waals surface area contributed by atoms with Gasteiger partial charge < -0.3 is 15.2 Å². The monoisotopic (exact) mass is 404 g/mol. The van der Waals surface area contributed by atoms with Gasteiger partial charge in [0.2, 0.25) is 5.91 Å². The molecule has 0 spiro atoms. The number of likely N-dealkylation sites (N-methyl/N-ethyl adjacent to an activating group) is 1. The Morgan fingerprint density at radius 3 is 2.67 bits per heavy atom. The number of aryl methyl sites for hydroxylation is 1. The van der Waals surface area contributed by atoms with Gasteiger partial charge in [0.1, 0.15) is 0 Å². The summed E-state index contributed by atoms with van der Waals surface area (Å²) in [4.78, 5) is 22.2. The number of aromatic amines is 1. The van der Waals surface area contributed by atoms with Crippen LogP contribution in [0.3, 0.4) is 0 Å². The van der Waals surface area contributed by atoms with Gasteiger partial charge >= 0.3 is 0 Å². The normalized spacial score (nSPS) is 15.3. The molecule has 5 nitrogen and oxygen atoms in total. The smallest absolute Gasteiger partial charge is 0.236 e. The first kappa shape index (κ1) is 20.6. The molecular formula is C25H32N4O. The van der Waals surface area contributed by atoms with Crippen molar-refractivity contribution in [3.05, 3.63) is 53.3 Å². The predicted octanol–water partition coefficient (Wildman–Crippen LogP) is 4.59. The number of piperidine rings is 1. The maximum Gasteiger partial charge on any atom is 0.236 e. The van der Waals surface area contributed by atoms with Gasteiger partial charge in [0.15, 0.2) is 0 Å². The number of carbonyl (C=O) groups is 1. The van der Waals surface area contributed by atoms with E-state index in [0.717, 1.165) is 31.6 Å². The number of likely N-dealkylation sites (tertiary alicyclic amines) is 1. The average Bonchev–Trinajstić information content (AvgIpc) is 3.13. The second kappa shape index (κ2) is 8.60. The highest BCUT2D eigenvalue weighted by Crippen LogP contribution is 2.38. The Hall–Kier alpha value is -2.66. The minimum Gasteiger partial charge on any atom is -0.354 e. The molecule has 0 bridgehead atoms. The van der Waals surface area contributed by atoms with Gasteiger partial charge in [-0.25, -0.2) is 0 Å². The lowest BCUT2D eigenvalue weighted by Gasteiger charge is -2.32. The van der Waals surface area contributed by atoms with Crippen LogP contribution in [0, 0.1) is 6.92 Å². The van der Waals surface area contributed by atoms with E-state index in [9.17, 15) is 4.79 Å². The number of H-pyrrole nitrogens is 1. The first-order chi connectivity index (χ1) is 14.5. The summed E-state index contributed by atoms with van der Waals surface area (Å²) in [6, 6.07) is 11.1. The zero-order valence-electron chi connectivity index (χ0n) is 18.5. The van der Waals surface area contributed by atoms with Crippen molar-refractivity contribution >= 4 is 16.8 Å². The molecule has 5 heteroatoms. The van der Waals surface area contributed by atoms with E-state index in [1.165, 1.54) is 33.3 Å². The van der Waals surface area contributed by atoms with Crippen LogP contribution in [0.5, 0.6) is 0 Å². The number of nitrogens with zero attached hydrogens (tertiary/aromatic N) is 2. The predicted molar refractivity (Wildman–Crippen MR) is 123 cm³/mol. The number of hydrogen-bond donors (Lipinski definition) is 2. The Labute approximate surface area is 178 Å². The Kier molecular flexibility index (Phi) is 5.91. The lowest BCUT2D eigenvalue weighted by molar-refractivity contribution is -0.131. The SMILES string of the molecule is CNCC(=O)N1CCC(c2ccc3[nH]c(-c4ccnc(C)c4)c(C(C)C)c3c2)CC1. The van der Waals surface area contributed by atoms with Crippen LogP contribution in [0.4, 0.5) is 0 Å². The number of aromatic nitrogens is 2. The van der Waals surface area contributed by atoms with Crippen molar-refractivity contribution in [1.29, 1.82) is 0 Å². The standard InChI is InChI=1S/C25H32N4O/c1-16(2)24-21-14-19(18-8-11-29(12-9-18)23(30)15-26-4)5-6-22(21)28-25(24)20-7-10-27-17(3)13-20/h5-7,10,13-14,16,18,26,28H,8-9,11-12,15H2,1-4H3. The highest BCUT2D eigenvalue weighted by molar-refractivity contribution is 5.92. The van der Waals surface area contributed by atoms with Gasteiger partial charge in [-0.05, 0) is 74.0 Å². The topological polar surface area (TPSA) is 61.0 Å². The molecule has 1 saturated heterocycles. The minimum atomic E-state index is 0.205. The van der Waals surface area contributed by atoms with Gasteiger partial charge in [-0.3, -0.25) is 9.78 Å². The summed E-state index contributed by atoms with van der Waals surface area (Å²) in [6.07, 6.45) is 3.94. The summed E-state index contributed by atoms with van der Waals surface area (Å²) in [7, 11) is 1.82. The van der Waals surface area contributed by atoms with Gasteiger partial charge in [0, 0.05) is 41.4 Å². The molecule has 3 aromatic rings. The third kappa shape index (κ3) is 3.99. The van der Waals surface area contributed by atoms with Gasteiger partial charge in [0.05, 0.1) is 12.2 Å².